The molecule has 8 amide bonds. The van der Waals surface area contributed by atoms with E-state index in [-0.39, 0.29) is 106 Å². The monoisotopic (exact) mass is 1050 g/mol. The van der Waals surface area contributed by atoms with Crippen molar-refractivity contribution in [3.05, 3.63) is 83.2 Å². The number of benzene rings is 2. The molecule has 26 heteroatoms. The summed E-state index contributed by atoms with van der Waals surface area (Å²) in [6, 6.07) is 4.87. The van der Waals surface area contributed by atoms with Gasteiger partial charge in [0.25, 0.3) is 0 Å². The molecule has 4 rings (SSSR count). The smallest absolute Gasteiger partial charge is 0.244 e. The van der Waals surface area contributed by atoms with Gasteiger partial charge in [-0.15, -0.1) is 0 Å². The molecule has 7 atom stereocenters. The minimum atomic E-state index is -1.53. The molecule has 2 aromatic carbocycles. The molecule has 21 N–H and O–H groups in total. The molecule has 0 spiro atoms. The van der Waals surface area contributed by atoms with Crippen LogP contribution in [0, 0.1) is 0 Å². The quantitative estimate of drug-likeness (QED) is 0.0371. The van der Waals surface area contributed by atoms with E-state index in [2.05, 4.69) is 64.1 Å². The van der Waals surface area contributed by atoms with Gasteiger partial charge in [0.2, 0.25) is 47.3 Å². The number of aromatic nitrogens is 1. The normalized spacial score (nSPS) is 21.2. The Hall–Kier alpha value is -7.93. The SMILES string of the molecule is C=C(N)[C@@H]1CCCNC(=O)CC[C@H](NC(=O)[C@H](CCCN=C(N)N)NC(C)=O)C(=O)N[C@@H](CN)C(=O)N[C@H](Cc2ccccc2Cl)C(=O)N[C@@H](CCCN=C(N)N)C(=O)N[C@@H](Cc2c[nH]c3ccccc23)C(=O)N1. The number of para-hydroxylation sites is 1. The van der Waals surface area contributed by atoms with E-state index in [1.807, 2.05) is 24.3 Å². The van der Waals surface area contributed by atoms with Gasteiger partial charge in [-0.05, 0) is 68.2 Å². The van der Waals surface area contributed by atoms with E-state index in [0.717, 1.165) is 10.9 Å². The molecule has 0 saturated carbocycles. The zero-order valence-corrected chi connectivity index (χ0v) is 42.1. The number of aliphatic imine (C=N–C) groups is 2. The van der Waals surface area contributed by atoms with Gasteiger partial charge in [-0.1, -0.05) is 54.6 Å². The number of hydrogen-bond acceptors (Lipinski definition) is 12. The highest BCUT2D eigenvalue weighted by molar-refractivity contribution is 6.31. The topological polar surface area (TPSA) is 429 Å². The van der Waals surface area contributed by atoms with Crippen LogP contribution >= 0.6 is 11.6 Å². The summed E-state index contributed by atoms with van der Waals surface area (Å²) in [5.41, 5.74) is 36.3. The Kier molecular flexibility index (Phi) is 23.4. The zero-order chi connectivity index (χ0) is 54.3. The number of hydrogen-bond donors (Lipinski definition) is 15. The average Bonchev–Trinajstić information content (AvgIpc) is 3.76. The van der Waals surface area contributed by atoms with E-state index in [4.69, 9.17) is 46.0 Å². The Balaban J connectivity index is 1.75. The van der Waals surface area contributed by atoms with E-state index < -0.39 is 96.1 Å². The van der Waals surface area contributed by atoms with Crippen LogP contribution in [0.3, 0.4) is 0 Å². The lowest BCUT2D eigenvalue weighted by atomic mass is 10.0. The highest BCUT2D eigenvalue weighted by atomic mass is 35.5. The second kappa shape index (κ2) is 29.6. The van der Waals surface area contributed by atoms with E-state index in [0.29, 0.717) is 11.1 Å². The molecule has 74 heavy (non-hydrogen) atoms. The second-order valence-corrected chi connectivity index (χ2v) is 18.1. The minimum absolute atomic E-state index is 0.0117. The summed E-state index contributed by atoms with van der Waals surface area (Å²) in [7, 11) is 0. The van der Waals surface area contributed by atoms with E-state index in [1.54, 1.807) is 30.5 Å². The Morgan fingerprint density at radius 2 is 1.32 bits per heavy atom. The number of rotatable bonds is 17. The van der Waals surface area contributed by atoms with Crippen molar-refractivity contribution >= 4 is 81.7 Å². The number of aromatic amines is 1. The average molecular weight is 1050 g/mol. The molecule has 1 fully saturated rings. The number of amides is 8. The van der Waals surface area contributed by atoms with Crippen molar-refractivity contribution in [1.29, 1.82) is 0 Å². The molecule has 1 saturated heterocycles. The number of carbonyl (C=O) groups excluding carboxylic acids is 8. The molecule has 3 aromatic rings. The molecule has 25 nitrogen and oxygen atoms in total. The Labute approximate surface area is 433 Å². The summed E-state index contributed by atoms with van der Waals surface area (Å²) in [4.78, 5) is 122. The number of nitrogens with one attached hydrogen (secondary N) is 9. The lowest BCUT2D eigenvalue weighted by molar-refractivity contribution is -0.135. The largest absolute Gasteiger partial charge is 0.401 e. The Morgan fingerprint density at radius 1 is 0.743 bits per heavy atom. The van der Waals surface area contributed by atoms with Crippen LogP contribution in [0.5, 0.6) is 0 Å². The lowest BCUT2D eigenvalue weighted by Gasteiger charge is -2.28. The number of fused-ring (bicyclic) bond motifs is 1. The second-order valence-electron chi connectivity index (χ2n) is 17.7. The van der Waals surface area contributed by atoms with E-state index in [1.165, 1.54) is 6.92 Å². The van der Waals surface area contributed by atoms with Crippen LogP contribution in [0.4, 0.5) is 0 Å². The number of H-pyrrole nitrogens is 1. The first-order valence-electron chi connectivity index (χ1n) is 24.2. The van der Waals surface area contributed by atoms with Gasteiger partial charge in [0.1, 0.15) is 36.3 Å². The number of halogens is 1. The first-order valence-corrected chi connectivity index (χ1v) is 24.5. The number of guanidine groups is 2. The molecule has 1 aliphatic rings. The maximum absolute atomic E-state index is 14.6. The summed E-state index contributed by atoms with van der Waals surface area (Å²) in [5, 5.41) is 22.5. The molecular weight excluding hydrogens is 978 g/mol. The first kappa shape index (κ1) is 58.6. The van der Waals surface area contributed by atoms with Crippen LogP contribution < -0.4 is 76.9 Å². The first-order chi connectivity index (χ1) is 35.3. The van der Waals surface area contributed by atoms with Crippen LogP contribution in [0.2, 0.25) is 5.02 Å². The van der Waals surface area contributed by atoms with Crippen LogP contribution in [0.25, 0.3) is 10.9 Å². The molecule has 1 aliphatic heterocycles. The van der Waals surface area contributed by atoms with E-state index in [9.17, 15) is 38.4 Å². The fourth-order valence-corrected chi connectivity index (χ4v) is 8.21. The third-order valence-corrected chi connectivity index (χ3v) is 12.3. The third-order valence-electron chi connectivity index (χ3n) is 11.9. The molecule has 402 valence electrons. The van der Waals surface area contributed by atoms with Gasteiger partial charge in [0.15, 0.2) is 11.9 Å². The fraction of sp³-hybridized carbons (Fsp3) is 0.458. The van der Waals surface area contributed by atoms with Gasteiger partial charge in [-0.3, -0.25) is 48.3 Å². The predicted octanol–water partition coefficient (Wildman–Crippen LogP) is -2.75. The number of nitrogens with zero attached hydrogens (tertiary/aromatic N) is 2. The molecule has 2 heterocycles. The Bertz CT molecular complexity index is 2530. The molecule has 0 radical (unpaired) electrons. The zero-order valence-electron chi connectivity index (χ0n) is 41.3. The van der Waals surface area contributed by atoms with Crippen LogP contribution in [0.15, 0.2) is 77.0 Å². The fourth-order valence-electron chi connectivity index (χ4n) is 8.00. The van der Waals surface area contributed by atoms with Crippen LogP contribution in [0.1, 0.15) is 69.4 Å². The van der Waals surface area contributed by atoms with Crippen molar-refractivity contribution in [2.75, 3.05) is 26.2 Å². The summed E-state index contributed by atoms with van der Waals surface area (Å²) >= 11 is 6.55. The van der Waals surface area contributed by atoms with Crippen LogP contribution in [-0.4, -0.2) is 133 Å². The van der Waals surface area contributed by atoms with E-state index >= 15 is 0 Å². The van der Waals surface area contributed by atoms with Gasteiger partial charge >= 0.3 is 0 Å². The number of carbonyl (C=O) groups is 8. The summed E-state index contributed by atoms with van der Waals surface area (Å²) in [6.07, 6.45) is 1.80. The van der Waals surface area contributed by atoms with Gasteiger partial charge < -0.3 is 81.9 Å². The number of nitrogens with two attached hydrogens (primary N) is 6. The third kappa shape index (κ3) is 19.2. The van der Waals surface area contributed by atoms with Gasteiger partial charge in [0.05, 0.1) is 6.04 Å². The van der Waals surface area contributed by atoms with Gasteiger partial charge in [-0.25, -0.2) is 0 Å². The van der Waals surface area contributed by atoms with Crippen molar-refractivity contribution in [3.63, 3.8) is 0 Å². The lowest BCUT2D eigenvalue weighted by Crippen LogP contribution is -2.61. The van der Waals surface area contributed by atoms with Crippen molar-refractivity contribution in [2.45, 2.75) is 113 Å². The summed E-state index contributed by atoms with van der Waals surface area (Å²) < 4.78 is 0. The predicted molar refractivity (Wildman–Crippen MR) is 280 cm³/mol. The maximum atomic E-state index is 14.6. The van der Waals surface area contributed by atoms with Crippen LogP contribution in [-0.2, 0) is 51.2 Å². The molecule has 0 bridgehead atoms. The summed E-state index contributed by atoms with van der Waals surface area (Å²) in [5.74, 6) is -6.37. The summed E-state index contributed by atoms with van der Waals surface area (Å²) in [6.45, 7) is 4.83. The van der Waals surface area contributed by atoms with Gasteiger partial charge in [-0.2, -0.15) is 0 Å². The van der Waals surface area contributed by atoms with Crippen molar-refractivity contribution in [2.24, 2.45) is 44.4 Å². The maximum Gasteiger partial charge on any atom is 0.244 e. The Morgan fingerprint density at radius 3 is 1.97 bits per heavy atom. The molecular formula is C48H70ClN17O8. The van der Waals surface area contributed by atoms with Crippen molar-refractivity contribution in [3.8, 4) is 0 Å². The molecule has 0 unspecified atom stereocenters. The molecule has 0 aliphatic carbocycles. The van der Waals surface area contributed by atoms with Crippen molar-refractivity contribution in [1.82, 2.24) is 47.5 Å². The van der Waals surface area contributed by atoms with Gasteiger partial charge in [0, 0.05) is 80.2 Å². The highest BCUT2D eigenvalue weighted by Gasteiger charge is 2.34. The minimum Gasteiger partial charge on any atom is -0.401 e. The van der Waals surface area contributed by atoms with Crippen molar-refractivity contribution < 1.29 is 38.4 Å². The standard InChI is InChI=1S/C48H70ClN17O8/c1-26(51)32-14-7-19-56-40(68)18-17-36(63-41(69)34(60-27(2)67)15-8-20-57-47(52)53)43(71)66-39(24-50)46(74)65-37(22-28-10-3-5-12-31(28)49)45(73)62-35(16-9-21-58-48(54)55)42(70)64-38(44(72)61-32)23-29-25-59-33-13-6-4-11-30(29)33/h3-6,10-13,25,32,34-39,59H,1,7-9,14-24,50-51H2,2H3,(H,56,68)(H,60,67)(H,61,72)(H,62,73)(H,63,69)(H,64,70)(H,65,74)(H,66,71)(H4,52,53,57)(H4,54,55,58)/t32-,34-,35-,36-,37+,38-,39-/m0/s1. The molecule has 1 aromatic heterocycles. The highest BCUT2D eigenvalue weighted by Crippen LogP contribution is 2.21.